The monoisotopic (exact) mass is 347 g/mol. The van der Waals surface area contributed by atoms with Gasteiger partial charge in [-0.15, -0.1) is 5.10 Å². The van der Waals surface area contributed by atoms with Crippen LogP contribution in [0.15, 0.2) is 0 Å². The molecule has 2 heterocycles. The third-order valence-corrected chi connectivity index (χ3v) is 5.41. The standard InChI is InChI=1S/C15H24F3N5O/c1-14(24)7-3-2-5-11(14)12-6-4-8-22(12)9-13-19-20-21-23(13)10-15(16,17)18/h11-12,24H,2-10H2,1H3/t11-,12-,14+/m1/s1. The number of halogens is 3. The average Bonchev–Trinajstić information content (AvgIpc) is 3.08. The van der Waals surface area contributed by atoms with E-state index >= 15 is 0 Å². The molecule has 3 atom stereocenters. The van der Waals surface area contributed by atoms with Crippen molar-refractivity contribution in [1.29, 1.82) is 0 Å². The van der Waals surface area contributed by atoms with E-state index in [-0.39, 0.29) is 17.8 Å². The molecule has 0 radical (unpaired) electrons. The largest absolute Gasteiger partial charge is 0.408 e. The normalized spacial score (nSPS) is 32.4. The molecule has 1 saturated carbocycles. The highest BCUT2D eigenvalue weighted by atomic mass is 19.4. The zero-order valence-corrected chi connectivity index (χ0v) is 13.8. The van der Waals surface area contributed by atoms with Gasteiger partial charge in [0.05, 0.1) is 12.1 Å². The Morgan fingerprint density at radius 3 is 2.75 bits per heavy atom. The number of rotatable bonds is 4. The molecule has 24 heavy (non-hydrogen) atoms. The van der Waals surface area contributed by atoms with Crippen molar-refractivity contribution in [1.82, 2.24) is 25.1 Å². The van der Waals surface area contributed by atoms with Crippen molar-refractivity contribution in [2.45, 2.75) is 76.4 Å². The van der Waals surface area contributed by atoms with E-state index in [1.165, 1.54) is 0 Å². The van der Waals surface area contributed by atoms with Gasteiger partial charge in [0.2, 0.25) is 0 Å². The molecule has 1 N–H and O–H groups in total. The quantitative estimate of drug-likeness (QED) is 0.904. The van der Waals surface area contributed by atoms with E-state index in [1.54, 1.807) is 0 Å². The van der Waals surface area contributed by atoms with Gasteiger partial charge < -0.3 is 5.11 Å². The smallest absolute Gasteiger partial charge is 0.390 e. The van der Waals surface area contributed by atoms with Crippen LogP contribution in [0.25, 0.3) is 0 Å². The fourth-order valence-electron chi connectivity index (χ4n) is 4.26. The van der Waals surface area contributed by atoms with Crippen LogP contribution in [0.4, 0.5) is 13.2 Å². The summed E-state index contributed by atoms with van der Waals surface area (Å²) in [6.07, 6.45) is 1.47. The molecular weight excluding hydrogens is 323 g/mol. The van der Waals surface area contributed by atoms with Gasteiger partial charge in [0.15, 0.2) is 5.82 Å². The first-order chi connectivity index (χ1) is 11.3. The van der Waals surface area contributed by atoms with E-state index in [9.17, 15) is 18.3 Å². The molecule has 1 aliphatic heterocycles. The second-order valence-electron chi connectivity index (χ2n) is 7.26. The number of tetrazole rings is 1. The van der Waals surface area contributed by atoms with E-state index in [4.69, 9.17) is 0 Å². The summed E-state index contributed by atoms with van der Waals surface area (Å²) in [5, 5.41) is 21.4. The van der Waals surface area contributed by atoms with E-state index in [1.807, 2.05) is 6.92 Å². The first kappa shape index (κ1) is 17.6. The topological polar surface area (TPSA) is 67.1 Å². The van der Waals surface area contributed by atoms with Crippen LogP contribution in [0.5, 0.6) is 0 Å². The average molecular weight is 347 g/mol. The van der Waals surface area contributed by atoms with Crippen molar-refractivity contribution in [2.24, 2.45) is 5.92 Å². The summed E-state index contributed by atoms with van der Waals surface area (Å²) in [6.45, 7) is 1.81. The van der Waals surface area contributed by atoms with Crippen molar-refractivity contribution in [3.8, 4) is 0 Å². The minimum atomic E-state index is -4.35. The number of nitrogens with zero attached hydrogens (tertiary/aromatic N) is 5. The maximum atomic E-state index is 12.6. The second-order valence-corrected chi connectivity index (χ2v) is 7.26. The van der Waals surface area contributed by atoms with E-state index in [0.29, 0.717) is 6.54 Å². The van der Waals surface area contributed by atoms with Crippen molar-refractivity contribution in [3.63, 3.8) is 0 Å². The van der Waals surface area contributed by atoms with Crippen LogP contribution in [0.1, 0.15) is 51.3 Å². The molecule has 0 unspecified atom stereocenters. The summed E-state index contributed by atoms with van der Waals surface area (Å²) in [5.41, 5.74) is -0.705. The van der Waals surface area contributed by atoms with Gasteiger partial charge in [0, 0.05) is 12.0 Å². The number of aliphatic hydroxyl groups is 1. The maximum absolute atomic E-state index is 12.6. The number of hydrogen-bond acceptors (Lipinski definition) is 5. The SMILES string of the molecule is C[C@]1(O)CCCC[C@@H]1[C@H]1CCCN1Cc1nnnn1CC(F)(F)F. The van der Waals surface area contributed by atoms with Gasteiger partial charge in [-0.25, -0.2) is 4.68 Å². The van der Waals surface area contributed by atoms with Crippen molar-refractivity contribution in [3.05, 3.63) is 5.82 Å². The molecule has 0 aromatic carbocycles. The molecule has 2 aliphatic rings. The lowest BCUT2D eigenvalue weighted by molar-refractivity contribution is -0.143. The fraction of sp³-hybridized carbons (Fsp3) is 0.933. The molecule has 6 nitrogen and oxygen atoms in total. The molecule has 2 fully saturated rings. The Balaban J connectivity index is 1.72. The molecule has 0 amide bonds. The first-order valence-electron chi connectivity index (χ1n) is 8.54. The van der Waals surface area contributed by atoms with Gasteiger partial charge in [-0.05, 0) is 49.6 Å². The molecule has 0 spiro atoms. The highest BCUT2D eigenvalue weighted by molar-refractivity contribution is 4.98. The minimum Gasteiger partial charge on any atom is -0.390 e. The third-order valence-electron chi connectivity index (χ3n) is 5.41. The fourth-order valence-corrected chi connectivity index (χ4v) is 4.26. The van der Waals surface area contributed by atoms with Crippen LogP contribution in [0.3, 0.4) is 0 Å². The molecule has 1 aromatic rings. The summed E-state index contributed by atoms with van der Waals surface area (Å²) in [6, 6.07) is 0.177. The molecule has 1 aromatic heterocycles. The molecular formula is C15H24F3N5O. The Bertz CT molecular complexity index is 560. The van der Waals surface area contributed by atoms with E-state index in [0.717, 1.165) is 49.8 Å². The van der Waals surface area contributed by atoms with Gasteiger partial charge in [0.25, 0.3) is 0 Å². The highest BCUT2D eigenvalue weighted by Gasteiger charge is 2.43. The Morgan fingerprint density at radius 2 is 2.04 bits per heavy atom. The molecule has 1 aliphatic carbocycles. The van der Waals surface area contributed by atoms with Crippen molar-refractivity contribution in [2.75, 3.05) is 6.54 Å². The van der Waals surface area contributed by atoms with Crippen molar-refractivity contribution < 1.29 is 18.3 Å². The molecule has 9 heteroatoms. The number of aromatic nitrogens is 4. The van der Waals surface area contributed by atoms with Crippen molar-refractivity contribution >= 4 is 0 Å². The molecule has 3 rings (SSSR count). The van der Waals surface area contributed by atoms with E-state index in [2.05, 4.69) is 20.4 Å². The van der Waals surface area contributed by atoms with Crippen LogP contribution >= 0.6 is 0 Å². The van der Waals surface area contributed by atoms with Gasteiger partial charge in [-0.3, -0.25) is 4.90 Å². The van der Waals surface area contributed by atoms with Crippen LogP contribution in [-0.4, -0.2) is 54.6 Å². The minimum absolute atomic E-state index is 0.153. The van der Waals surface area contributed by atoms with E-state index < -0.39 is 18.3 Å². The van der Waals surface area contributed by atoms with Crippen LogP contribution in [0.2, 0.25) is 0 Å². The van der Waals surface area contributed by atoms with Crippen LogP contribution in [-0.2, 0) is 13.1 Å². The number of hydrogen-bond donors (Lipinski definition) is 1. The van der Waals surface area contributed by atoms with Crippen LogP contribution < -0.4 is 0 Å². The molecule has 1 saturated heterocycles. The summed E-state index contributed by atoms with van der Waals surface area (Å²) < 4.78 is 38.7. The molecule has 0 bridgehead atoms. The Kier molecular flexibility index (Phi) is 4.83. The lowest BCUT2D eigenvalue weighted by Crippen LogP contribution is -2.49. The predicted molar refractivity (Wildman–Crippen MR) is 79.9 cm³/mol. The summed E-state index contributed by atoms with van der Waals surface area (Å²) >= 11 is 0. The summed E-state index contributed by atoms with van der Waals surface area (Å²) in [7, 11) is 0. The number of alkyl halides is 3. The lowest BCUT2D eigenvalue weighted by Gasteiger charge is -2.43. The third kappa shape index (κ3) is 3.88. The zero-order valence-electron chi connectivity index (χ0n) is 13.8. The Labute approximate surface area is 139 Å². The predicted octanol–water partition coefficient (Wildman–Crippen LogP) is 2.14. The summed E-state index contributed by atoms with van der Waals surface area (Å²) in [5.74, 6) is 0.385. The Hall–Kier alpha value is -1.22. The lowest BCUT2D eigenvalue weighted by atomic mass is 9.72. The number of likely N-dealkylation sites (tertiary alicyclic amines) is 1. The van der Waals surface area contributed by atoms with Crippen LogP contribution in [0, 0.1) is 5.92 Å². The maximum Gasteiger partial charge on any atom is 0.408 e. The zero-order chi connectivity index (χ0) is 17.4. The van der Waals surface area contributed by atoms with Gasteiger partial charge in [-0.1, -0.05) is 12.8 Å². The first-order valence-corrected chi connectivity index (χ1v) is 8.54. The molecule has 136 valence electrons. The Morgan fingerprint density at radius 1 is 1.25 bits per heavy atom. The highest BCUT2D eigenvalue weighted by Crippen LogP contribution is 2.41. The van der Waals surface area contributed by atoms with Gasteiger partial charge in [-0.2, -0.15) is 13.2 Å². The second kappa shape index (κ2) is 6.59. The van der Waals surface area contributed by atoms with Gasteiger partial charge in [0.1, 0.15) is 6.54 Å². The van der Waals surface area contributed by atoms with Gasteiger partial charge >= 0.3 is 6.18 Å². The summed E-state index contributed by atoms with van der Waals surface area (Å²) in [4.78, 5) is 2.14.